The van der Waals surface area contributed by atoms with E-state index >= 15 is 0 Å². The van der Waals surface area contributed by atoms with Gasteiger partial charge in [-0.05, 0) is 13.8 Å². The Labute approximate surface area is 128 Å². The molecule has 1 fully saturated rings. The smallest absolute Gasteiger partial charge is 0.236 e. The molecule has 6 nitrogen and oxygen atoms in total. The van der Waals surface area contributed by atoms with E-state index in [0.29, 0.717) is 19.5 Å². The lowest BCUT2D eigenvalue weighted by Crippen LogP contribution is -2.45. The first-order chi connectivity index (χ1) is 10.0. The minimum atomic E-state index is 0.116. The average Bonchev–Trinajstić information content (AvgIpc) is 2.49. The highest BCUT2D eigenvalue weighted by molar-refractivity contribution is 5.78. The SMILES string of the molecule is CC(C)N(C)C(=O)CN(CCC#N)CCN1CCOCC1. The molecule has 0 bridgehead atoms. The number of amides is 1. The van der Waals surface area contributed by atoms with Gasteiger partial charge in [0.1, 0.15) is 0 Å². The summed E-state index contributed by atoms with van der Waals surface area (Å²) in [6.07, 6.45) is 0.460. The topological polar surface area (TPSA) is 59.8 Å². The van der Waals surface area contributed by atoms with Gasteiger partial charge in [-0.15, -0.1) is 0 Å². The van der Waals surface area contributed by atoms with Crippen LogP contribution in [0.4, 0.5) is 0 Å². The van der Waals surface area contributed by atoms with Crippen molar-refractivity contribution >= 4 is 5.91 Å². The Morgan fingerprint density at radius 2 is 2.00 bits per heavy atom. The minimum Gasteiger partial charge on any atom is -0.379 e. The molecule has 1 saturated heterocycles. The van der Waals surface area contributed by atoms with Crippen LogP contribution in [0.3, 0.4) is 0 Å². The summed E-state index contributed by atoms with van der Waals surface area (Å²) in [5.74, 6) is 0.116. The predicted molar refractivity (Wildman–Crippen MR) is 81.8 cm³/mol. The summed E-state index contributed by atoms with van der Waals surface area (Å²) in [7, 11) is 1.83. The van der Waals surface area contributed by atoms with Crippen molar-refractivity contribution in [2.45, 2.75) is 26.3 Å². The quantitative estimate of drug-likeness (QED) is 0.649. The number of nitriles is 1. The summed E-state index contributed by atoms with van der Waals surface area (Å²) in [6, 6.07) is 2.36. The molecule has 0 saturated carbocycles. The van der Waals surface area contributed by atoms with Crippen LogP contribution < -0.4 is 0 Å². The fourth-order valence-corrected chi connectivity index (χ4v) is 2.18. The first-order valence-corrected chi connectivity index (χ1v) is 7.69. The van der Waals surface area contributed by atoms with Gasteiger partial charge in [0.15, 0.2) is 0 Å². The Morgan fingerprint density at radius 3 is 2.57 bits per heavy atom. The van der Waals surface area contributed by atoms with E-state index in [1.165, 1.54) is 0 Å². The Hall–Kier alpha value is -1.16. The van der Waals surface area contributed by atoms with Crippen LogP contribution in [0.5, 0.6) is 0 Å². The summed E-state index contributed by atoms with van der Waals surface area (Å²) < 4.78 is 5.33. The van der Waals surface area contributed by atoms with Crippen molar-refractivity contribution in [3.05, 3.63) is 0 Å². The lowest BCUT2D eigenvalue weighted by molar-refractivity contribution is -0.132. The minimum absolute atomic E-state index is 0.116. The summed E-state index contributed by atoms with van der Waals surface area (Å²) in [5.41, 5.74) is 0. The van der Waals surface area contributed by atoms with Gasteiger partial charge in [-0.1, -0.05) is 0 Å². The number of ether oxygens (including phenoxy) is 1. The Balaban J connectivity index is 2.42. The zero-order chi connectivity index (χ0) is 15.7. The van der Waals surface area contributed by atoms with E-state index in [-0.39, 0.29) is 11.9 Å². The first kappa shape index (κ1) is 17.9. The highest BCUT2D eigenvalue weighted by atomic mass is 16.5. The number of morpholine rings is 1. The molecule has 0 N–H and O–H groups in total. The number of hydrogen-bond donors (Lipinski definition) is 0. The molecular weight excluding hydrogens is 268 g/mol. The molecule has 0 aromatic carbocycles. The van der Waals surface area contributed by atoms with Crippen molar-refractivity contribution in [1.29, 1.82) is 5.26 Å². The van der Waals surface area contributed by atoms with Crippen molar-refractivity contribution in [1.82, 2.24) is 14.7 Å². The number of hydrogen-bond acceptors (Lipinski definition) is 5. The largest absolute Gasteiger partial charge is 0.379 e. The van der Waals surface area contributed by atoms with Crippen LogP contribution in [0.2, 0.25) is 0 Å². The molecule has 6 heteroatoms. The maximum absolute atomic E-state index is 12.2. The van der Waals surface area contributed by atoms with Crippen molar-refractivity contribution in [2.24, 2.45) is 0 Å². The van der Waals surface area contributed by atoms with E-state index in [4.69, 9.17) is 10.00 Å². The van der Waals surface area contributed by atoms with Gasteiger partial charge in [-0.25, -0.2) is 0 Å². The van der Waals surface area contributed by atoms with E-state index in [0.717, 1.165) is 39.4 Å². The number of nitrogens with zero attached hydrogens (tertiary/aromatic N) is 4. The molecule has 0 radical (unpaired) electrons. The highest BCUT2D eigenvalue weighted by Crippen LogP contribution is 2.01. The number of likely N-dealkylation sites (N-methyl/N-ethyl adjacent to an activating group) is 1. The third kappa shape index (κ3) is 6.89. The standard InChI is InChI=1S/C15H28N4O2/c1-14(2)17(3)15(20)13-19(6-4-5-16)8-7-18-9-11-21-12-10-18/h14H,4,6-13H2,1-3H3. The zero-order valence-corrected chi connectivity index (χ0v) is 13.5. The second-order valence-corrected chi connectivity index (χ2v) is 5.74. The third-order valence-corrected chi connectivity index (χ3v) is 3.90. The number of carbonyl (C=O) groups excluding carboxylic acids is 1. The normalized spacial score (nSPS) is 16.2. The second-order valence-electron chi connectivity index (χ2n) is 5.74. The van der Waals surface area contributed by atoms with Gasteiger partial charge in [0, 0.05) is 52.2 Å². The molecule has 1 heterocycles. The number of rotatable bonds is 8. The van der Waals surface area contributed by atoms with Crippen molar-refractivity contribution in [3.8, 4) is 6.07 Å². The van der Waals surface area contributed by atoms with Crippen LogP contribution in [0, 0.1) is 11.3 Å². The lowest BCUT2D eigenvalue weighted by atomic mass is 10.3. The molecule has 0 unspecified atom stereocenters. The summed E-state index contributed by atoms with van der Waals surface area (Å²) in [5, 5.41) is 8.76. The van der Waals surface area contributed by atoms with Crippen LogP contribution in [0.1, 0.15) is 20.3 Å². The van der Waals surface area contributed by atoms with Gasteiger partial charge in [0.25, 0.3) is 0 Å². The average molecular weight is 296 g/mol. The third-order valence-electron chi connectivity index (χ3n) is 3.90. The van der Waals surface area contributed by atoms with Crippen molar-refractivity contribution in [3.63, 3.8) is 0 Å². The Bertz CT molecular complexity index is 348. The van der Waals surface area contributed by atoms with Crippen LogP contribution >= 0.6 is 0 Å². The first-order valence-electron chi connectivity index (χ1n) is 7.69. The molecule has 21 heavy (non-hydrogen) atoms. The Kier molecular flexibility index (Phi) is 8.28. The molecule has 1 rings (SSSR count). The molecule has 0 aromatic rings. The van der Waals surface area contributed by atoms with E-state index in [9.17, 15) is 4.79 Å². The molecule has 0 atom stereocenters. The maximum Gasteiger partial charge on any atom is 0.236 e. The van der Waals surface area contributed by atoms with E-state index < -0.39 is 0 Å². The monoisotopic (exact) mass is 296 g/mol. The summed E-state index contributed by atoms with van der Waals surface area (Å²) >= 11 is 0. The zero-order valence-electron chi connectivity index (χ0n) is 13.5. The molecule has 0 spiro atoms. The molecule has 0 aliphatic carbocycles. The molecule has 1 aliphatic heterocycles. The molecule has 1 aliphatic rings. The second kappa shape index (κ2) is 9.72. The van der Waals surface area contributed by atoms with Gasteiger partial charge in [0.05, 0.1) is 25.8 Å². The van der Waals surface area contributed by atoms with E-state index in [1.54, 1.807) is 4.90 Å². The highest BCUT2D eigenvalue weighted by Gasteiger charge is 2.18. The number of carbonyl (C=O) groups is 1. The van der Waals surface area contributed by atoms with E-state index in [2.05, 4.69) is 15.9 Å². The van der Waals surface area contributed by atoms with Gasteiger partial charge in [-0.2, -0.15) is 5.26 Å². The Morgan fingerprint density at radius 1 is 1.33 bits per heavy atom. The van der Waals surface area contributed by atoms with Crippen molar-refractivity contribution < 1.29 is 9.53 Å². The van der Waals surface area contributed by atoms with Gasteiger partial charge in [-0.3, -0.25) is 14.6 Å². The molecular formula is C15H28N4O2. The fourth-order valence-electron chi connectivity index (χ4n) is 2.18. The van der Waals surface area contributed by atoms with Crippen LogP contribution in [0.15, 0.2) is 0 Å². The molecule has 120 valence electrons. The van der Waals surface area contributed by atoms with Crippen LogP contribution in [0.25, 0.3) is 0 Å². The lowest BCUT2D eigenvalue weighted by Gasteiger charge is -2.30. The van der Waals surface area contributed by atoms with Gasteiger partial charge in [0.2, 0.25) is 5.91 Å². The van der Waals surface area contributed by atoms with Crippen molar-refractivity contribution in [2.75, 3.05) is 59.5 Å². The fraction of sp³-hybridized carbons (Fsp3) is 0.867. The molecule has 0 aromatic heterocycles. The molecule has 1 amide bonds. The van der Waals surface area contributed by atoms with Gasteiger partial charge >= 0.3 is 0 Å². The van der Waals surface area contributed by atoms with E-state index in [1.807, 2.05) is 20.9 Å². The van der Waals surface area contributed by atoms with Crippen LogP contribution in [-0.4, -0.2) is 86.2 Å². The van der Waals surface area contributed by atoms with Crippen LogP contribution in [-0.2, 0) is 9.53 Å². The predicted octanol–water partition coefficient (Wildman–Crippen LogP) is 0.401. The van der Waals surface area contributed by atoms with Gasteiger partial charge < -0.3 is 9.64 Å². The summed E-state index contributed by atoms with van der Waals surface area (Å²) in [6.45, 7) is 10.3. The maximum atomic E-state index is 12.2. The summed E-state index contributed by atoms with van der Waals surface area (Å²) in [4.78, 5) is 18.4.